The lowest BCUT2D eigenvalue weighted by atomic mass is 10.0. The number of rotatable bonds is 30. The minimum atomic E-state index is -0.745. The highest BCUT2D eigenvalue weighted by molar-refractivity contribution is 5.90. The van der Waals surface area contributed by atoms with Gasteiger partial charge in [-0.15, -0.1) is 15.3 Å². The fourth-order valence-electron chi connectivity index (χ4n) is 6.06. The van der Waals surface area contributed by atoms with Gasteiger partial charge in [-0.1, -0.05) is 79.4 Å². The molecule has 0 aliphatic carbocycles. The fraction of sp³-hybridized carbons (Fsp3) is 0.467. The van der Waals surface area contributed by atoms with E-state index in [4.69, 9.17) is 18.9 Å². The Balaban J connectivity index is 2.12. The lowest BCUT2D eigenvalue weighted by Gasteiger charge is -2.24. The van der Waals surface area contributed by atoms with Gasteiger partial charge in [-0.3, -0.25) is 25.0 Å². The zero-order valence-electron chi connectivity index (χ0n) is 36.5. The second-order valence-corrected chi connectivity index (χ2v) is 14.6. The Morgan fingerprint density at radius 1 is 0.758 bits per heavy atom. The predicted octanol–water partition coefficient (Wildman–Crippen LogP) is 12.1. The van der Waals surface area contributed by atoms with E-state index < -0.39 is 27.2 Å². The van der Waals surface area contributed by atoms with E-state index >= 15 is 0 Å². The van der Waals surface area contributed by atoms with E-state index in [1.54, 1.807) is 18.2 Å². The molecule has 62 heavy (non-hydrogen) atoms. The average Bonchev–Trinajstić information content (AvgIpc) is 3.27. The average molecular weight is 858 g/mol. The van der Waals surface area contributed by atoms with E-state index in [9.17, 15) is 29.8 Å². The number of carbonyl (C=O) groups excluding carboxylic acids is 2. The van der Waals surface area contributed by atoms with Crippen LogP contribution in [0.15, 0.2) is 94.3 Å². The minimum Gasteiger partial charge on any atom is -0.491 e. The Kier molecular flexibility index (Phi) is 21.6. The van der Waals surface area contributed by atoms with Gasteiger partial charge in [-0.05, 0) is 67.5 Å². The molecule has 2 unspecified atom stereocenters. The van der Waals surface area contributed by atoms with Gasteiger partial charge in [0.2, 0.25) is 0 Å². The molecular formula is C45H59N7O10. The summed E-state index contributed by atoms with van der Waals surface area (Å²) in [6.07, 6.45) is 10.1. The van der Waals surface area contributed by atoms with Crippen molar-refractivity contribution in [3.05, 3.63) is 99.6 Å². The van der Waals surface area contributed by atoms with Gasteiger partial charge in [0.1, 0.15) is 42.8 Å². The van der Waals surface area contributed by atoms with Crippen LogP contribution in [0.4, 0.5) is 39.8 Å². The van der Waals surface area contributed by atoms with Gasteiger partial charge in [0.15, 0.2) is 11.5 Å². The maximum Gasteiger partial charge on any atom is 0.330 e. The van der Waals surface area contributed by atoms with Crippen LogP contribution >= 0.6 is 0 Å². The van der Waals surface area contributed by atoms with E-state index in [0.717, 1.165) is 80.8 Å². The van der Waals surface area contributed by atoms with Gasteiger partial charge in [0.25, 0.3) is 5.69 Å². The normalized spacial score (nSPS) is 12.2. The van der Waals surface area contributed by atoms with E-state index in [1.165, 1.54) is 12.1 Å². The van der Waals surface area contributed by atoms with Crippen LogP contribution in [0.25, 0.3) is 0 Å². The fourth-order valence-corrected chi connectivity index (χ4v) is 6.06. The summed E-state index contributed by atoms with van der Waals surface area (Å²) < 4.78 is 23.7. The molecule has 0 saturated heterocycles. The van der Waals surface area contributed by atoms with Crippen LogP contribution in [-0.2, 0) is 19.1 Å². The van der Waals surface area contributed by atoms with E-state index in [2.05, 4.69) is 61.3 Å². The van der Waals surface area contributed by atoms with Crippen molar-refractivity contribution in [1.82, 2.24) is 0 Å². The molecule has 17 heteroatoms. The van der Waals surface area contributed by atoms with Crippen molar-refractivity contribution in [3.8, 4) is 11.5 Å². The lowest BCUT2D eigenvalue weighted by Crippen LogP contribution is -2.31. The number of unbranched alkanes of at least 4 members (excludes halogenated alkanes) is 2. The largest absolute Gasteiger partial charge is 0.491 e. The monoisotopic (exact) mass is 857 g/mol. The third-order valence-corrected chi connectivity index (χ3v) is 10.0. The van der Waals surface area contributed by atoms with Crippen LogP contribution in [-0.4, -0.2) is 61.3 Å². The summed E-state index contributed by atoms with van der Waals surface area (Å²) >= 11 is 0. The van der Waals surface area contributed by atoms with Gasteiger partial charge >= 0.3 is 11.7 Å². The van der Waals surface area contributed by atoms with Gasteiger partial charge in [-0.25, -0.2) is 4.79 Å². The van der Waals surface area contributed by atoms with Crippen LogP contribution < -0.4 is 14.4 Å². The maximum atomic E-state index is 11.9. The standard InChI is InChI=1S/C45H59N7O10/c1-8-14-16-33(10-3)28-61-43-27-41(49-47-39-21-19-36(51(55)56)25-42(39)52(57)58)44(62-29-34(11-4)17-15-9-2)26-40(43)48-46-38-20-18-35(24-32(38)7)50(22-23-60-45(54)13-6)31-59-30-37(53)12-5/h12-13,18-21,24-27,33-34H,5-6,8-11,14-17,22-23,28-31H2,1-4,7H3/b48-46+,49-47+. The van der Waals surface area contributed by atoms with Crippen molar-refractivity contribution in [2.24, 2.45) is 32.3 Å². The topological polar surface area (TPSA) is 210 Å². The van der Waals surface area contributed by atoms with Crippen molar-refractivity contribution in [1.29, 1.82) is 0 Å². The number of ketones is 1. The van der Waals surface area contributed by atoms with Crippen LogP contribution in [0.5, 0.6) is 11.5 Å². The summed E-state index contributed by atoms with van der Waals surface area (Å²) in [6.45, 7) is 18.1. The smallest absolute Gasteiger partial charge is 0.330 e. The minimum absolute atomic E-state index is 0.0323. The molecule has 0 saturated carbocycles. The van der Waals surface area contributed by atoms with E-state index in [-0.39, 0.29) is 55.5 Å². The highest BCUT2D eigenvalue weighted by Crippen LogP contribution is 2.43. The molecule has 0 heterocycles. The number of benzene rings is 3. The van der Waals surface area contributed by atoms with Crippen molar-refractivity contribution in [2.75, 3.05) is 44.6 Å². The number of hydrogen-bond acceptors (Lipinski definition) is 15. The second kappa shape index (κ2) is 26.8. The zero-order valence-corrected chi connectivity index (χ0v) is 36.5. The summed E-state index contributed by atoms with van der Waals surface area (Å²) in [7, 11) is 0. The Hall–Kier alpha value is -6.36. The molecule has 334 valence electrons. The molecule has 3 rings (SSSR count). The SMILES string of the molecule is C=CC(=O)COCN(CCOC(=O)C=C)c1ccc(/N=N/c2cc(OCC(CC)CCCC)c(/N=N/c3ccc([N+](=O)[O-])cc3[N+](=O)[O-])cc2OCC(CC)CCCC)c(C)c1. The van der Waals surface area contributed by atoms with Crippen LogP contribution in [0.2, 0.25) is 0 Å². The first-order valence-electron chi connectivity index (χ1n) is 20.9. The number of nitro benzene ring substituents is 2. The summed E-state index contributed by atoms with van der Waals surface area (Å²) in [5.74, 6) is 0.287. The Bertz CT molecular complexity index is 2030. The Morgan fingerprint density at radius 3 is 1.82 bits per heavy atom. The number of azo groups is 2. The molecule has 0 radical (unpaired) electrons. The molecule has 0 aliphatic heterocycles. The number of ether oxygens (including phenoxy) is 4. The Labute approximate surface area is 363 Å². The first-order valence-corrected chi connectivity index (χ1v) is 20.9. The van der Waals surface area contributed by atoms with Crippen molar-refractivity contribution >= 4 is 51.6 Å². The van der Waals surface area contributed by atoms with Crippen molar-refractivity contribution < 1.29 is 38.4 Å². The summed E-state index contributed by atoms with van der Waals surface area (Å²) in [4.78, 5) is 47.1. The molecule has 0 bridgehead atoms. The predicted molar refractivity (Wildman–Crippen MR) is 238 cm³/mol. The molecule has 2 atom stereocenters. The quantitative estimate of drug-likeness (QED) is 0.0154. The van der Waals surface area contributed by atoms with Crippen LogP contribution in [0, 0.1) is 39.0 Å². The molecule has 0 N–H and O–H groups in total. The van der Waals surface area contributed by atoms with Gasteiger partial charge < -0.3 is 23.8 Å². The van der Waals surface area contributed by atoms with Gasteiger partial charge in [0, 0.05) is 30.0 Å². The van der Waals surface area contributed by atoms with E-state index in [0.29, 0.717) is 36.1 Å². The molecule has 3 aromatic rings. The molecule has 0 aromatic heterocycles. The molecular weight excluding hydrogens is 799 g/mol. The van der Waals surface area contributed by atoms with Gasteiger partial charge in [0.05, 0.1) is 41.4 Å². The number of nitrogens with zero attached hydrogens (tertiary/aromatic N) is 7. The van der Waals surface area contributed by atoms with Gasteiger partial charge in [-0.2, -0.15) is 5.11 Å². The molecule has 0 fully saturated rings. The van der Waals surface area contributed by atoms with Crippen molar-refractivity contribution in [3.63, 3.8) is 0 Å². The summed E-state index contributed by atoms with van der Waals surface area (Å²) in [5, 5.41) is 41.1. The van der Waals surface area contributed by atoms with Crippen LogP contribution in [0.1, 0.15) is 84.6 Å². The third-order valence-electron chi connectivity index (χ3n) is 10.0. The zero-order chi connectivity index (χ0) is 45.4. The molecule has 0 spiro atoms. The maximum absolute atomic E-state index is 11.9. The Morgan fingerprint density at radius 2 is 1.32 bits per heavy atom. The number of non-ortho nitro benzene ring substituents is 1. The highest BCUT2D eigenvalue weighted by atomic mass is 16.6. The molecule has 0 amide bonds. The molecule has 0 aliphatic rings. The first-order chi connectivity index (χ1) is 29.9. The third kappa shape index (κ3) is 16.2. The number of nitro groups is 2. The highest BCUT2D eigenvalue weighted by Gasteiger charge is 2.21. The number of anilines is 1. The number of carbonyl (C=O) groups is 2. The molecule has 3 aromatic carbocycles. The lowest BCUT2D eigenvalue weighted by molar-refractivity contribution is -0.393. The van der Waals surface area contributed by atoms with Crippen LogP contribution in [0.3, 0.4) is 0 Å². The first kappa shape index (κ1) is 50.0. The second-order valence-electron chi connectivity index (χ2n) is 14.6. The number of hydrogen-bond donors (Lipinski definition) is 0. The van der Waals surface area contributed by atoms with Crippen molar-refractivity contribution in [2.45, 2.75) is 86.0 Å². The summed E-state index contributed by atoms with van der Waals surface area (Å²) in [5.41, 5.74) is 1.38. The number of aryl methyl sites for hydroxylation is 1. The molecule has 17 nitrogen and oxygen atoms in total. The summed E-state index contributed by atoms with van der Waals surface area (Å²) in [6, 6.07) is 11.9. The van der Waals surface area contributed by atoms with E-state index in [1.807, 2.05) is 24.0 Å². The number of esters is 1.